The van der Waals surface area contributed by atoms with Crippen molar-refractivity contribution in [1.82, 2.24) is 5.32 Å². The fourth-order valence-electron chi connectivity index (χ4n) is 2.93. The van der Waals surface area contributed by atoms with Crippen LogP contribution in [0.15, 0.2) is 23.1 Å². The zero-order chi connectivity index (χ0) is 15.4. The summed E-state index contributed by atoms with van der Waals surface area (Å²) in [5.74, 6) is -0.853. The lowest BCUT2D eigenvalue weighted by molar-refractivity contribution is 0.313. The molecule has 0 aliphatic heterocycles. The van der Waals surface area contributed by atoms with Gasteiger partial charge in [0.2, 0.25) is 0 Å². The average molecular weight is 315 g/mol. The first-order valence-electron chi connectivity index (χ1n) is 7.62. The van der Waals surface area contributed by atoms with Crippen LogP contribution in [0.3, 0.4) is 0 Å². The van der Waals surface area contributed by atoms with E-state index >= 15 is 0 Å². The number of benzene rings is 1. The van der Waals surface area contributed by atoms with Crippen molar-refractivity contribution in [3.8, 4) is 0 Å². The molecule has 1 aromatic carbocycles. The molecule has 1 N–H and O–H groups in total. The zero-order valence-electron chi connectivity index (χ0n) is 12.6. The van der Waals surface area contributed by atoms with E-state index in [-0.39, 0.29) is 16.2 Å². The van der Waals surface area contributed by atoms with E-state index in [1.54, 1.807) is 0 Å². The van der Waals surface area contributed by atoms with Crippen LogP contribution in [0.25, 0.3) is 0 Å². The van der Waals surface area contributed by atoms with E-state index < -0.39 is 22.4 Å². The predicted octanol–water partition coefficient (Wildman–Crippen LogP) is 3.63. The Balaban J connectivity index is 2.20. The molecular weight excluding hydrogens is 292 g/mol. The maximum atomic E-state index is 13.9. The first kappa shape index (κ1) is 16.6. The fourth-order valence-corrected chi connectivity index (χ4v) is 4.74. The van der Waals surface area contributed by atoms with Crippen molar-refractivity contribution in [2.75, 3.05) is 6.54 Å². The Morgan fingerprint density at radius 3 is 2.76 bits per heavy atom. The normalized spacial score (nSPS) is 27.5. The third-order valence-electron chi connectivity index (χ3n) is 4.10. The van der Waals surface area contributed by atoms with Gasteiger partial charge in [-0.25, -0.2) is 8.78 Å². The van der Waals surface area contributed by atoms with Gasteiger partial charge in [0.25, 0.3) is 0 Å². The lowest BCUT2D eigenvalue weighted by Gasteiger charge is -2.35. The molecule has 4 atom stereocenters. The lowest BCUT2D eigenvalue weighted by atomic mass is 9.87. The van der Waals surface area contributed by atoms with E-state index in [1.807, 2.05) is 0 Å². The van der Waals surface area contributed by atoms with Gasteiger partial charge in [-0.3, -0.25) is 4.21 Å². The van der Waals surface area contributed by atoms with Crippen molar-refractivity contribution in [3.63, 3.8) is 0 Å². The monoisotopic (exact) mass is 315 g/mol. The topological polar surface area (TPSA) is 29.1 Å². The van der Waals surface area contributed by atoms with Crippen LogP contribution < -0.4 is 5.32 Å². The minimum atomic E-state index is -1.45. The Labute approximate surface area is 127 Å². The number of nitrogens with one attached hydrogen (secondary N) is 1. The highest BCUT2D eigenvalue weighted by Gasteiger charge is 2.34. The van der Waals surface area contributed by atoms with Crippen molar-refractivity contribution < 1.29 is 13.0 Å². The molecule has 1 saturated carbocycles. The Hall–Kier alpha value is -0.810. The van der Waals surface area contributed by atoms with Crippen molar-refractivity contribution in [2.24, 2.45) is 5.92 Å². The predicted molar refractivity (Wildman–Crippen MR) is 81.7 cm³/mol. The third kappa shape index (κ3) is 4.10. The van der Waals surface area contributed by atoms with E-state index in [0.717, 1.165) is 38.3 Å². The molecule has 0 heterocycles. The highest BCUT2D eigenvalue weighted by atomic mass is 32.2. The zero-order valence-corrected chi connectivity index (χ0v) is 13.4. The number of hydrogen-bond acceptors (Lipinski definition) is 2. The van der Waals surface area contributed by atoms with Gasteiger partial charge in [-0.1, -0.05) is 13.8 Å². The van der Waals surface area contributed by atoms with Crippen LogP contribution in [-0.4, -0.2) is 22.0 Å². The van der Waals surface area contributed by atoms with Crippen molar-refractivity contribution in [1.29, 1.82) is 0 Å². The molecule has 0 radical (unpaired) electrons. The molecule has 1 fully saturated rings. The number of halogens is 2. The molecule has 4 unspecified atom stereocenters. The molecule has 1 aromatic rings. The quantitative estimate of drug-likeness (QED) is 0.899. The molecule has 1 aliphatic carbocycles. The molecule has 118 valence electrons. The second-order valence-electron chi connectivity index (χ2n) is 5.89. The SMILES string of the molecule is CCCNC1CCC(C)CC1S(=O)c1ccc(F)cc1F. The summed E-state index contributed by atoms with van der Waals surface area (Å²) in [4.78, 5) is 0.124. The smallest absolute Gasteiger partial charge is 0.142 e. The van der Waals surface area contributed by atoms with Crippen LogP contribution in [0.5, 0.6) is 0 Å². The summed E-state index contributed by atoms with van der Waals surface area (Å²) in [5.41, 5.74) is 0. The molecule has 5 heteroatoms. The molecule has 2 nitrogen and oxygen atoms in total. The van der Waals surface area contributed by atoms with Gasteiger partial charge in [-0.2, -0.15) is 0 Å². The van der Waals surface area contributed by atoms with Gasteiger partial charge in [0, 0.05) is 12.1 Å². The number of hydrogen-bond donors (Lipinski definition) is 1. The summed E-state index contributed by atoms with van der Waals surface area (Å²) < 4.78 is 39.6. The van der Waals surface area contributed by atoms with Gasteiger partial charge in [0.15, 0.2) is 0 Å². The molecule has 21 heavy (non-hydrogen) atoms. The summed E-state index contributed by atoms with van der Waals surface area (Å²) in [6.07, 6.45) is 3.88. The van der Waals surface area contributed by atoms with E-state index in [9.17, 15) is 13.0 Å². The van der Waals surface area contributed by atoms with Gasteiger partial charge in [0.1, 0.15) is 11.6 Å². The third-order valence-corrected chi connectivity index (χ3v) is 5.93. The lowest BCUT2D eigenvalue weighted by Crippen LogP contribution is -2.46. The molecule has 2 rings (SSSR count). The Kier molecular flexibility index (Phi) is 5.88. The van der Waals surface area contributed by atoms with Crippen LogP contribution in [0.2, 0.25) is 0 Å². The minimum absolute atomic E-state index is 0.111. The van der Waals surface area contributed by atoms with Crippen molar-refractivity contribution in [2.45, 2.75) is 55.7 Å². The fraction of sp³-hybridized carbons (Fsp3) is 0.625. The standard InChI is InChI=1S/C16H23F2NOS/c1-3-8-19-14-6-4-11(2)9-16(14)21(20)15-7-5-12(17)10-13(15)18/h5,7,10-11,14,16,19H,3-4,6,8-9H2,1-2H3. The molecule has 0 amide bonds. The van der Waals surface area contributed by atoms with Crippen LogP contribution in [-0.2, 0) is 10.8 Å². The largest absolute Gasteiger partial charge is 0.313 e. The van der Waals surface area contributed by atoms with E-state index in [1.165, 1.54) is 12.1 Å². The van der Waals surface area contributed by atoms with Gasteiger partial charge in [-0.05, 0) is 50.3 Å². The van der Waals surface area contributed by atoms with Gasteiger partial charge < -0.3 is 5.32 Å². The Morgan fingerprint density at radius 2 is 2.10 bits per heavy atom. The second kappa shape index (κ2) is 7.45. The summed E-state index contributed by atoms with van der Waals surface area (Å²) in [6.45, 7) is 5.10. The van der Waals surface area contributed by atoms with E-state index in [4.69, 9.17) is 0 Å². The number of rotatable bonds is 5. The summed E-state index contributed by atoms with van der Waals surface area (Å²) >= 11 is 0. The molecule has 0 bridgehead atoms. The molecule has 0 saturated heterocycles. The van der Waals surface area contributed by atoms with Crippen LogP contribution in [0, 0.1) is 17.6 Å². The van der Waals surface area contributed by atoms with Gasteiger partial charge in [-0.15, -0.1) is 0 Å². The average Bonchev–Trinajstić information content (AvgIpc) is 2.45. The molecule has 1 aliphatic rings. The second-order valence-corrected chi connectivity index (χ2v) is 7.53. The van der Waals surface area contributed by atoms with Gasteiger partial charge >= 0.3 is 0 Å². The van der Waals surface area contributed by atoms with Crippen LogP contribution in [0.1, 0.15) is 39.5 Å². The van der Waals surface area contributed by atoms with E-state index in [0.29, 0.717) is 5.92 Å². The highest BCUT2D eigenvalue weighted by molar-refractivity contribution is 7.85. The first-order chi connectivity index (χ1) is 10.0. The summed E-state index contributed by atoms with van der Waals surface area (Å²) in [5, 5.41) is 3.32. The Morgan fingerprint density at radius 1 is 1.33 bits per heavy atom. The molecule has 0 spiro atoms. The maximum Gasteiger partial charge on any atom is 0.142 e. The van der Waals surface area contributed by atoms with Crippen LogP contribution in [0.4, 0.5) is 8.78 Å². The molecular formula is C16H23F2NOS. The first-order valence-corrected chi connectivity index (χ1v) is 8.83. The van der Waals surface area contributed by atoms with Crippen molar-refractivity contribution >= 4 is 10.8 Å². The van der Waals surface area contributed by atoms with Gasteiger partial charge in [0.05, 0.1) is 20.9 Å². The summed E-state index contributed by atoms with van der Waals surface area (Å²) in [7, 11) is -1.45. The minimum Gasteiger partial charge on any atom is -0.313 e. The highest BCUT2D eigenvalue weighted by Crippen LogP contribution is 2.31. The van der Waals surface area contributed by atoms with Crippen molar-refractivity contribution in [3.05, 3.63) is 29.8 Å². The Bertz CT molecular complexity index is 507. The molecule has 0 aromatic heterocycles. The summed E-state index contributed by atoms with van der Waals surface area (Å²) in [6, 6.07) is 3.45. The van der Waals surface area contributed by atoms with E-state index in [2.05, 4.69) is 19.2 Å². The van der Waals surface area contributed by atoms with Crippen LogP contribution >= 0.6 is 0 Å². The maximum absolute atomic E-state index is 13.9.